The van der Waals surface area contributed by atoms with E-state index in [2.05, 4.69) is 32.3 Å². The third kappa shape index (κ3) is 4.96. The van der Waals surface area contributed by atoms with Crippen LogP contribution in [0.4, 0.5) is 26.3 Å². The van der Waals surface area contributed by atoms with E-state index in [9.17, 15) is 9.90 Å². The fraction of sp³-hybridized carbons (Fsp3) is 0.444. The molecule has 13 heteroatoms. The van der Waals surface area contributed by atoms with E-state index in [1.807, 2.05) is 9.47 Å². The Morgan fingerprint density at radius 3 is 2.70 bits per heavy atom. The van der Waals surface area contributed by atoms with Crippen molar-refractivity contribution < 1.29 is 23.2 Å². The second-order valence-electron chi connectivity index (χ2n) is 10.3. The molecule has 1 atom stereocenters. The largest absolute Gasteiger partial charge is 0.391 e. The number of likely N-dealkylation sites (tertiary alicyclic amines) is 1. The van der Waals surface area contributed by atoms with E-state index < -0.39 is 17.7 Å². The molecule has 6 rings (SSSR count). The number of piperidine rings is 1. The number of anilines is 3. The molecule has 2 fully saturated rings. The van der Waals surface area contributed by atoms with Gasteiger partial charge in [-0.25, -0.2) is 18.7 Å². The third-order valence-corrected chi connectivity index (χ3v) is 7.54. The monoisotopic (exact) mass is 552 g/mol. The molecule has 0 radical (unpaired) electrons. The van der Waals surface area contributed by atoms with Crippen LogP contribution >= 0.6 is 0 Å². The van der Waals surface area contributed by atoms with Crippen molar-refractivity contribution in [2.45, 2.75) is 51.2 Å². The number of aliphatic hydroxyl groups excluding tert-OH is 1. The Hall–Kier alpha value is -4.13. The first kappa shape index (κ1) is 26.1. The average Bonchev–Trinajstić information content (AvgIpc) is 3.69. The molecule has 4 aromatic rings. The van der Waals surface area contributed by atoms with E-state index in [0.717, 1.165) is 31.7 Å². The lowest BCUT2D eigenvalue weighted by Gasteiger charge is -2.31. The Kier molecular flexibility index (Phi) is 7.05. The number of aromatic nitrogens is 5. The van der Waals surface area contributed by atoms with E-state index in [1.165, 1.54) is 29.6 Å². The Morgan fingerprint density at radius 1 is 1.15 bits per heavy atom. The number of rotatable bonds is 7. The molecule has 0 unspecified atom stereocenters. The first-order chi connectivity index (χ1) is 19.4. The second kappa shape index (κ2) is 10.8. The van der Waals surface area contributed by atoms with Gasteiger partial charge in [0.2, 0.25) is 0 Å². The average molecular weight is 553 g/mol. The number of amides is 1. The molecule has 0 aliphatic carbocycles. The quantitative estimate of drug-likeness (QED) is 0.352. The van der Waals surface area contributed by atoms with Gasteiger partial charge in [0.1, 0.15) is 23.6 Å². The maximum absolute atomic E-state index is 15.3. The molecule has 0 saturated carbocycles. The van der Waals surface area contributed by atoms with Gasteiger partial charge in [-0.05, 0) is 43.9 Å². The molecule has 3 aromatic heterocycles. The van der Waals surface area contributed by atoms with Gasteiger partial charge in [-0.2, -0.15) is 4.98 Å². The number of nitrogens with one attached hydrogen (secondary N) is 1. The summed E-state index contributed by atoms with van der Waals surface area (Å²) in [5.74, 6) is -0.706. The van der Waals surface area contributed by atoms with Gasteiger partial charge in [0.15, 0.2) is 11.6 Å². The summed E-state index contributed by atoms with van der Waals surface area (Å²) in [6.45, 7) is 4.05. The number of halogens is 2. The van der Waals surface area contributed by atoms with Gasteiger partial charge in [-0.3, -0.25) is 4.79 Å². The van der Waals surface area contributed by atoms with Crippen molar-refractivity contribution in [2.75, 3.05) is 36.4 Å². The number of carbonyl (C=O) groups excluding carboxylic acids is 1. The Labute approximate surface area is 228 Å². The SMILES string of the molecule is CCCc1noc(N2CCC(n3cc(F)c4c(Nc5ccc(C(=O)N6CC[C@@H](O)C6)cc5F)ncnc43)CC2)n1. The van der Waals surface area contributed by atoms with E-state index in [4.69, 9.17) is 4.52 Å². The Morgan fingerprint density at radius 2 is 1.98 bits per heavy atom. The predicted molar refractivity (Wildman–Crippen MR) is 142 cm³/mol. The van der Waals surface area contributed by atoms with E-state index in [0.29, 0.717) is 43.5 Å². The maximum Gasteiger partial charge on any atom is 0.324 e. The molecule has 210 valence electrons. The smallest absolute Gasteiger partial charge is 0.324 e. The van der Waals surface area contributed by atoms with Crippen LogP contribution < -0.4 is 10.2 Å². The van der Waals surface area contributed by atoms with E-state index >= 15 is 8.78 Å². The third-order valence-electron chi connectivity index (χ3n) is 7.54. The Balaban J connectivity index is 1.18. The van der Waals surface area contributed by atoms with Crippen molar-refractivity contribution in [3.05, 3.63) is 53.7 Å². The molecule has 11 nitrogen and oxygen atoms in total. The van der Waals surface area contributed by atoms with Crippen LogP contribution in [-0.4, -0.2) is 72.9 Å². The van der Waals surface area contributed by atoms with Crippen LogP contribution in [-0.2, 0) is 6.42 Å². The molecule has 0 bridgehead atoms. The van der Waals surface area contributed by atoms with Gasteiger partial charge in [0, 0.05) is 50.4 Å². The van der Waals surface area contributed by atoms with Gasteiger partial charge in [-0.15, -0.1) is 0 Å². The first-order valence-electron chi connectivity index (χ1n) is 13.5. The highest BCUT2D eigenvalue weighted by Crippen LogP contribution is 2.34. The molecule has 1 aromatic carbocycles. The summed E-state index contributed by atoms with van der Waals surface area (Å²) in [6, 6.07) is 4.57. The van der Waals surface area contributed by atoms with Gasteiger partial charge in [0.25, 0.3) is 5.91 Å². The second-order valence-corrected chi connectivity index (χ2v) is 10.3. The standard InChI is InChI=1S/C27H30F2N8O3/c1-2-3-22-33-27(40-34-22)35-9-6-17(7-10-35)37-14-20(29)23-24(30-15-31-25(23)37)32-21-5-4-16(12-19(21)28)26(39)36-11-8-18(38)13-36/h4-5,12,14-15,17-18,38H,2-3,6-11,13H2,1H3,(H,30,31,32)/t18-/m1/s1. The zero-order valence-corrected chi connectivity index (χ0v) is 22.1. The number of β-amino-alcohol motifs (C(OH)–C–C–N with tert-alkyl or cyclic N) is 1. The number of hydrogen-bond acceptors (Lipinski definition) is 9. The number of fused-ring (bicyclic) bond motifs is 1. The molecule has 40 heavy (non-hydrogen) atoms. The van der Waals surface area contributed by atoms with Crippen molar-refractivity contribution >= 4 is 34.5 Å². The minimum Gasteiger partial charge on any atom is -0.391 e. The predicted octanol–water partition coefficient (Wildman–Crippen LogP) is 3.84. The minimum atomic E-state index is -0.673. The molecule has 1 amide bonds. The van der Waals surface area contributed by atoms with Crippen LogP contribution in [0.3, 0.4) is 0 Å². The summed E-state index contributed by atoms with van der Waals surface area (Å²) in [5.41, 5.74) is 0.646. The molecule has 2 aliphatic rings. The number of hydrogen-bond donors (Lipinski definition) is 2. The summed E-state index contributed by atoms with van der Waals surface area (Å²) in [6.07, 6.45) is 5.82. The molecule has 2 aliphatic heterocycles. The van der Waals surface area contributed by atoms with E-state index in [-0.39, 0.29) is 40.9 Å². The lowest BCUT2D eigenvalue weighted by atomic mass is 10.1. The highest BCUT2D eigenvalue weighted by atomic mass is 19.1. The van der Waals surface area contributed by atoms with Crippen molar-refractivity contribution in [3.63, 3.8) is 0 Å². The molecule has 2 saturated heterocycles. The van der Waals surface area contributed by atoms with Crippen molar-refractivity contribution in [2.24, 2.45) is 0 Å². The van der Waals surface area contributed by atoms with Crippen molar-refractivity contribution in [1.82, 2.24) is 29.6 Å². The van der Waals surface area contributed by atoms with E-state index in [1.54, 1.807) is 0 Å². The van der Waals surface area contributed by atoms with Gasteiger partial charge in [0.05, 0.1) is 17.2 Å². The van der Waals surface area contributed by atoms with Crippen LogP contribution in [0.15, 0.2) is 35.2 Å². The highest BCUT2D eigenvalue weighted by Gasteiger charge is 2.28. The van der Waals surface area contributed by atoms with Crippen LogP contribution in [0, 0.1) is 11.6 Å². The molecular formula is C27H30F2N8O3. The number of benzene rings is 1. The summed E-state index contributed by atoms with van der Waals surface area (Å²) >= 11 is 0. The lowest BCUT2D eigenvalue weighted by Crippen LogP contribution is -2.34. The number of carbonyl (C=O) groups is 1. The summed E-state index contributed by atoms with van der Waals surface area (Å²) < 4.78 is 37.5. The van der Waals surface area contributed by atoms with Gasteiger partial charge < -0.3 is 29.3 Å². The van der Waals surface area contributed by atoms with Crippen LogP contribution in [0.5, 0.6) is 0 Å². The van der Waals surface area contributed by atoms with Crippen molar-refractivity contribution in [3.8, 4) is 0 Å². The summed E-state index contributed by atoms with van der Waals surface area (Å²) in [5, 5.41) is 16.8. The van der Waals surface area contributed by atoms with Gasteiger partial charge >= 0.3 is 6.01 Å². The number of nitrogens with zero attached hydrogens (tertiary/aromatic N) is 7. The molecular weight excluding hydrogens is 522 g/mol. The van der Waals surface area contributed by atoms with Crippen LogP contribution in [0.2, 0.25) is 0 Å². The van der Waals surface area contributed by atoms with Crippen LogP contribution in [0.1, 0.15) is 54.8 Å². The lowest BCUT2D eigenvalue weighted by molar-refractivity contribution is 0.0764. The number of aliphatic hydroxyl groups is 1. The fourth-order valence-corrected chi connectivity index (χ4v) is 5.43. The topological polar surface area (TPSA) is 125 Å². The normalized spacial score (nSPS) is 18.1. The van der Waals surface area contributed by atoms with Crippen molar-refractivity contribution in [1.29, 1.82) is 0 Å². The maximum atomic E-state index is 15.3. The molecule has 2 N–H and O–H groups in total. The van der Waals surface area contributed by atoms with Gasteiger partial charge in [-0.1, -0.05) is 12.1 Å². The molecule has 5 heterocycles. The summed E-state index contributed by atoms with van der Waals surface area (Å²) in [7, 11) is 0. The number of aryl methyl sites for hydroxylation is 1. The molecule has 0 spiro atoms. The summed E-state index contributed by atoms with van der Waals surface area (Å²) in [4.78, 5) is 29.2. The Bertz CT molecular complexity index is 1530. The minimum absolute atomic E-state index is 0.00447. The first-order valence-corrected chi connectivity index (χ1v) is 13.5. The zero-order valence-electron chi connectivity index (χ0n) is 22.1. The highest BCUT2D eigenvalue weighted by molar-refractivity contribution is 5.95. The zero-order chi connectivity index (χ0) is 27.8. The fourth-order valence-electron chi connectivity index (χ4n) is 5.43. The van der Waals surface area contributed by atoms with Crippen LogP contribution in [0.25, 0.3) is 11.0 Å².